The summed E-state index contributed by atoms with van der Waals surface area (Å²) in [6.45, 7) is 3.58. The summed E-state index contributed by atoms with van der Waals surface area (Å²) in [5.74, 6) is 1.29. The Morgan fingerprint density at radius 1 is 1.07 bits per heavy atom. The van der Waals surface area contributed by atoms with Crippen LogP contribution in [0.1, 0.15) is 11.5 Å². The third kappa shape index (κ3) is 4.01. The van der Waals surface area contributed by atoms with E-state index in [0.29, 0.717) is 23.0 Å². The highest BCUT2D eigenvalue weighted by Gasteiger charge is 2.31. The molecule has 0 atom stereocenters. The molecule has 0 bridgehead atoms. The number of hydrogen-bond acceptors (Lipinski definition) is 5. The molecule has 0 spiro atoms. The highest BCUT2D eigenvalue weighted by molar-refractivity contribution is 6.30. The normalized spacial score (nSPS) is 16.2. The van der Waals surface area contributed by atoms with E-state index in [1.165, 1.54) is 6.07 Å². The Bertz CT molecular complexity index is 934. The van der Waals surface area contributed by atoms with Crippen molar-refractivity contribution in [2.24, 2.45) is 0 Å². The molecule has 1 aromatic carbocycles. The van der Waals surface area contributed by atoms with Crippen molar-refractivity contribution >= 4 is 28.5 Å². The summed E-state index contributed by atoms with van der Waals surface area (Å²) in [4.78, 5) is 12.9. The van der Waals surface area contributed by atoms with E-state index in [1.807, 2.05) is 12.1 Å². The van der Waals surface area contributed by atoms with Crippen molar-refractivity contribution in [3.63, 3.8) is 0 Å². The van der Waals surface area contributed by atoms with Crippen LogP contribution in [0.3, 0.4) is 0 Å². The molecule has 1 fully saturated rings. The van der Waals surface area contributed by atoms with Crippen LogP contribution in [0, 0.1) is 0 Å². The van der Waals surface area contributed by atoms with Gasteiger partial charge in [-0.05, 0) is 30.3 Å². The van der Waals surface area contributed by atoms with E-state index in [-0.39, 0.29) is 5.52 Å². The number of rotatable bonds is 3. The van der Waals surface area contributed by atoms with E-state index in [0.717, 1.165) is 44.1 Å². The molecular formula is C18H16ClF3N4O. The van der Waals surface area contributed by atoms with Crippen LogP contribution in [-0.4, -0.2) is 41.0 Å². The summed E-state index contributed by atoms with van der Waals surface area (Å²) in [6, 6.07) is 7.04. The molecular weight excluding hydrogens is 381 g/mol. The first-order chi connectivity index (χ1) is 12.9. The summed E-state index contributed by atoms with van der Waals surface area (Å²) in [5, 5.41) is 0.599. The van der Waals surface area contributed by atoms with Crippen LogP contribution in [0.25, 0.3) is 11.1 Å². The van der Waals surface area contributed by atoms with Gasteiger partial charge in [0.15, 0.2) is 5.58 Å². The number of aromatic nitrogens is 2. The minimum atomic E-state index is -4.39. The SMILES string of the molecule is FC(F)(F)c1ccc2oc(CN3CCN(c4ccc(Cl)cn4)CC3)nc2c1. The third-order valence-corrected chi connectivity index (χ3v) is 4.75. The summed E-state index contributed by atoms with van der Waals surface area (Å²) in [6.07, 6.45) is -2.77. The smallest absolute Gasteiger partial charge is 0.416 e. The summed E-state index contributed by atoms with van der Waals surface area (Å²) in [5.41, 5.74) is -0.134. The van der Waals surface area contributed by atoms with Crippen molar-refractivity contribution in [3.8, 4) is 0 Å². The molecule has 2 aromatic heterocycles. The second kappa shape index (κ2) is 7.01. The van der Waals surface area contributed by atoms with Crippen molar-refractivity contribution in [1.82, 2.24) is 14.9 Å². The van der Waals surface area contributed by atoms with E-state index < -0.39 is 11.7 Å². The third-order valence-electron chi connectivity index (χ3n) is 4.53. The molecule has 0 unspecified atom stereocenters. The van der Waals surface area contributed by atoms with Gasteiger partial charge in [-0.15, -0.1) is 0 Å². The molecule has 1 aliphatic heterocycles. The molecule has 3 heterocycles. The summed E-state index contributed by atoms with van der Waals surface area (Å²) in [7, 11) is 0. The summed E-state index contributed by atoms with van der Waals surface area (Å²) >= 11 is 5.86. The first kappa shape index (κ1) is 18.1. The van der Waals surface area contributed by atoms with Gasteiger partial charge < -0.3 is 9.32 Å². The number of nitrogens with zero attached hydrogens (tertiary/aromatic N) is 4. The van der Waals surface area contributed by atoms with Crippen molar-refractivity contribution in [1.29, 1.82) is 0 Å². The van der Waals surface area contributed by atoms with Gasteiger partial charge >= 0.3 is 6.18 Å². The fraction of sp³-hybridized carbons (Fsp3) is 0.333. The lowest BCUT2D eigenvalue weighted by molar-refractivity contribution is -0.137. The van der Waals surface area contributed by atoms with Crippen molar-refractivity contribution in [3.05, 3.63) is 53.0 Å². The van der Waals surface area contributed by atoms with Crippen LogP contribution in [0.2, 0.25) is 5.02 Å². The molecule has 3 aromatic rings. The lowest BCUT2D eigenvalue weighted by atomic mass is 10.2. The zero-order valence-corrected chi connectivity index (χ0v) is 15.0. The van der Waals surface area contributed by atoms with Crippen LogP contribution in [-0.2, 0) is 12.7 Å². The quantitative estimate of drug-likeness (QED) is 0.663. The van der Waals surface area contributed by atoms with Gasteiger partial charge in [0.2, 0.25) is 5.89 Å². The van der Waals surface area contributed by atoms with E-state index in [4.69, 9.17) is 16.0 Å². The van der Waals surface area contributed by atoms with Gasteiger partial charge in [0.05, 0.1) is 17.1 Å². The molecule has 0 N–H and O–H groups in total. The number of halogens is 4. The van der Waals surface area contributed by atoms with Gasteiger partial charge in [-0.1, -0.05) is 11.6 Å². The molecule has 0 aliphatic carbocycles. The van der Waals surface area contributed by atoms with Crippen molar-refractivity contribution < 1.29 is 17.6 Å². The molecule has 1 saturated heterocycles. The first-order valence-electron chi connectivity index (χ1n) is 8.44. The Morgan fingerprint density at radius 2 is 1.85 bits per heavy atom. The molecule has 4 rings (SSSR count). The maximum atomic E-state index is 12.8. The minimum Gasteiger partial charge on any atom is -0.439 e. The second-order valence-corrected chi connectivity index (χ2v) is 6.82. The molecule has 27 heavy (non-hydrogen) atoms. The van der Waals surface area contributed by atoms with Crippen LogP contribution in [0.4, 0.5) is 19.0 Å². The highest BCUT2D eigenvalue weighted by Crippen LogP contribution is 2.31. The monoisotopic (exact) mass is 396 g/mol. The number of pyridine rings is 1. The second-order valence-electron chi connectivity index (χ2n) is 6.39. The molecule has 0 saturated carbocycles. The van der Waals surface area contributed by atoms with Gasteiger partial charge in [0.25, 0.3) is 0 Å². The maximum absolute atomic E-state index is 12.8. The summed E-state index contributed by atoms with van der Waals surface area (Å²) < 4.78 is 44.0. The van der Waals surface area contributed by atoms with Gasteiger partial charge in [0.1, 0.15) is 11.3 Å². The number of anilines is 1. The van der Waals surface area contributed by atoms with Gasteiger partial charge in [-0.3, -0.25) is 4.90 Å². The lowest BCUT2D eigenvalue weighted by Gasteiger charge is -2.34. The average molecular weight is 397 g/mol. The van der Waals surface area contributed by atoms with E-state index in [2.05, 4.69) is 19.8 Å². The molecule has 5 nitrogen and oxygen atoms in total. The predicted octanol–water partition coefficient (Wildman–Crippen LogP) is 4.22. The van der Waals surface area contributed by atoms with Crippen molar-refractivity contribution in [2.45, 2.75) is 12.7 Å². The number of hydrogen-bond donors (Lipinski definition) is 0. The Morgan fingerprint density at radius 3 is 2.52 bits per heavy atom. The Labute approximate surface area is 158 Å². The average Bonchev–Trinajstić information content (AvgIpc) is 3.04. The Kier molecular flexibility index (Phi) is 4.69. The Hall–Kier alpha value is -2.32. The number of oxazole rings is 1. The van der Waals surface area contributed by atoms with Crippen LogP contribution in [0.5, 0.6) is 0 Å². The number of fused-ring (bicyclic) bond motifs is 1. The lowest BCUT2D eigenvalue weighted by Crippen LogP contribution is -2.46. The molecule has 9 heteroatoms. The van der Waals surface area contributed by atoms with Gasteiger partial charge in [-0.2, -0.15) is 13.2 Å². The zero-order chi connectivity index (χ0) is 19.0. The molecule has 0 radical (unpaired) electrons. The largest absolute Gasteiger partial charge is 0.439 e. The van der Waals surface area contributed by atoms with Crippen LogP contribution < -0.4 is 4.90 Å². The fourth-order valence-electron chi connectivity index (χ4n) is 3.10. The number of benzene rings is 1. The zero-order valence-electron chi connectivity index (χ0n) is 14.2. The fourth-order valence-corrected chi connectivity index (χ4v) is 3.21. The molecule has 1 aliphatic rings. The van der Waals surface area contributed by atoms with E-state index in [1.54, 1.807) is 6.20 Å². The number of alkyl halides is 3. The van der Waals surface area contributed by atoms with Crippen LogP contribution >= 0.6 is 11.6 Å². The van der Waals surface area contributed by atoms with Gasteiger partial charge in [-0.25, -0.2) is 9.97 Å². The van der Waals surface area contributed by atoms with Crippen LogP contribution in [0.15, 0.2) is 40.9 Å². The predicted molar refractivity (Wildman–Crippen MR) is 95.7 cm³/mol. The maximum Gasteiger partial charge on any atom is 0.416 e. The molecule has 142 valence electrons. The molecule has 0 amide bonds. The minimum absolute atomic E-state index is 0.226. The first-order valence-corrected chi connectivity index (χ1v) is 8.82. The number of piperazine rings is 1. The van der Waals surface area contributed by atoms with Gasteiger partial charge in [0, 0.05) is 32.4 Å². The highest BCUT2D eigenvalue weighted by atomic mass is 35.5. The van der Waals surface area contributed by atoms with Crippen molar-refractivity contribution in [2.75, 3.05) is 31.1 Å². The van der Waals surface area contributed by atoms with E-state index >= 15 is 0 Å². The van der Waals surface area contributed by atoms with E-state index in [9.17, 15) is 13.2 Å². The topological polar surface area (TPSA) is 45.4 Å². The standard InChI is InChI=1S/C18H16ClF3N4O/c19-13-2-4-16(23-10-13)26-7-5-25(6-8-26)11-17-24-14-9-12(18(20,21)22)1-3-15(14)27-17/h1-4,9-10H,5-8,11H2. The Balaban J connectivity index is 1.40.